The van der Waals surface area contributed by atoms with Crippen molar-refractivity contribution in [1.29, 1.82) is 0 Å². The van der Waals surface area contributed by atoms with E-state index < -0.39 is 11.5 Å². The summed E-state index contributed by atoms with van der Waals surface area (Å²) < 4.78 is 0. The highest BCUT2D eigenvalue weighted by Crippen LogP contribution is 2.69. The predicted octanol–water partition coefficient (Wildman–Crippen LogP) is 3.80. The zero-order valence-electron chi connectivity index (χ0n) is 23.8. The highest BCUT2D eigenvalue weighted by molar-refractivity contribution is 5.84. The molecular weight excluding hydrogens is 452 g/mol. The topological polar surface area (TPSA) is 89.9 Å². The molecule has 3 fully saturated rings. The highest BCUT2D eigenvalue weighted by Gasteiger charge is 2.67. The van der Waals surface area contributed by atoms with Crippen LogP contribution in [0.4, 0.5) is 0 Å². The molecule has 0 aromatic heterocycles. The third-order valence-electron chi connectivity index (χ3n) is 11.7. The molecular formula is C30H50N2O4. The number of nitrogens with zero attached hydrogens (tertiary/aromatic N) is 1. The number of hydrogen-bond acceptors (Lipinski definition) is 5. The minimum absolute atomic E-state index is 0.0114. The SMILES string of the molecule is CC(C)C(=O)N[C@H]1CC=C2CC3C(=O)C[C@]4(C)[C@@H]([C@H](C)N(C)C)[C@H](O)C[C@@]4(C)C3CCC2[C@]1(C)CO. The maximum atomic E-state index is 13.9. The smallest absolute Gasteiger partial charge is 0.222 e. The lowest BCUT2D eigenvalue weighted by Gasteiger charge is -2.56. The van der Waals surface area contributed by atoms with Gasteiger partial charge in [-0.2, -0.15) is 0 Å². The molecule has 6 heteroatoms. The van der Waals surface area contributed by atoms with Gasteiger partial charge in [0.15, 0.2) is 0 Å². The van der Waals surface area contributed by atoms with Crippen molar-refractivity contribution in [3.63, 3.8) is 0 Å². The molecule has 0 bridgehead atoms. The van der Waals surface area contributed by atoms with E-state index in [0.29, 0.717) is 18.6 Å². The number of hydrogen-bond donors (Lipinski definition) is 3. The van der Waals surface area contributed by atoms with Crippen molar-refractivity contribution in [2.75, 3.05) is 20.7 Å². The molecule has 3 saturated carbocycles. The molecule has 4 rings (SSSR count). The van der Waals surface area contributed by atoms with E-state index in [1.807, 2.05) is 13.8 Å². The minimum Gasteiger partial charge on any atom is -0.396 e. The van der Waals surface area contributed by atoms with Crippen LogP contribution < -0.4 is 5.32 Å². The molecule has 0 aromatic rings. The molecule has 0 heterocycles. The van der Waals surface area contributed by atoms with Gasteiger partial charge in [0.25, 0.3) is 0 Å². The first-order valence-electron chi connectivity index (χ1n) is 14.2. The Morgan fingerprint density at radius 2 is 1.83 bits per heavy atom. The largest absolute Gasteiger partial charge is 0.396 e. The van der Waals surface area contributed by atoms with Crippen molar-refractivity contribution in [3.05, 3.63) is 11.6 Å². The Morgan fingerprint density at radius 1 is 1.17 bits per heavy atom. The number of allylic oxidation sites excluding steroid dienone is 1. The summed E-state index contributed by atoms with van der Waals surface area (Å²) in [7, 11) is 4.13. The molecule has 0 aromatic carbocycles. The van der Waals surface area contributed by atoms with Crippen LogP contribution in [0.3, 0.4) is 0 Å². The van der Waals surface area contributed by atoms with Crippen LogP contribution in [0.25, 0.3) is 0 Å². The van der Waals surface area contributed by atoms with Gasteiger partial charge in [-0.3, -0.25) is 9.59 Å². The number of aliphatic hydroxyl groups is 2. The van der Waals surface area contributed by atoms with Crippen LogP contribution >= 0.6 is 0 Å². The molecule has 204 valence electrons. The molecule has 3 unspecified atom stereocenters. The fraction of sp³-hybridized carbons (Fsp3) is 0.867. The average Bonchev–Trinajstić information content (AvgIpc) is 2.92. The van der Waals surface area contributed by atoms with E-state index in [1.54, 1.807) is 0 Å². The quantitative estimate of drug-likeness (QED) is 0.498. The second-order valence-electron chi connectivity index (χ2n) is 13.9. The van der Waals surface area contributed by atoms with Crippen LogP contribution in [-0.4, -0.2) is 65.7 Å². The van der Waals surface area contributed by atoms with Crippen LogP contribution in [0.15, 0.2) is 11.6 Å². The zero-order chi connectivity index (χ0) is 26.8. The minimum atomic E-state index is -0.452. The van der Waals surface area contributed by atoms with Gasteiger partial charge >= 0.3 is 0 Å². The Kier molecular flexibility index (Phi) is 7.33. The van der Waals surface area contributed by atoms with Crippen LogP contribution in [0.2, 0.25) is 0 Å². The fourth-order valence-electron chi connectivity index (χ4n) is 9.08. The van der Waals surface area contributed by atoms with E-state index in [1.165, 1.54) is 5.57 Å². The summed E-state index contributed by atoms with van der Waals surface area (Å²) in [6.45, 7) is 12.7. The number of Topliss-reactive ketones (excluding diaryl/α,β-unsaturated/α-hetero) is 1. The van der Waals surface area contributed by atoms with Crippen LogP contribution in [-0.2, 0) is 9.59 Å². The summed E-state index contributed by atoms with van der Waals surface area (Å²) in [6.07, 6.45) is 6.41. The maximum absolute atomic E-state index is 13.9. The Balaban J connectivity index is 1.68. The normalized spacial score (nSPS) is 45.4. The van der Waals surface area contributed by atoms with Crippen molar-refractivity contribution >= 4 is 11.7 Å². The number of carbonyl (C=O) groups excluding carboxylic acids is 2. The predicted molar refractivity (Wildman–Crippen MR) is 142 cm³/mol. The van der Waals surface area contributed by atoms with Crippen molar-refractivity contribution in [2.45, 2.75) is 98.3 Å². The van der Waals surface area contributed by atoms with Gasteiger partial charge in [-0.15, -0.1) is 0 Å². The summed E-state index contributed by atoms with van der Waals surface area (Å²) in [6, 6.07) is 0.0803. The van der Waals surface area contributed by atoms with Crippen molar-refractivity contribution in [1.82, 2.24) is 10.2 Å². The maximum Gasteiger partial charge on any atom is 0.222 e. The third-order valence-corrected chi connectivity index (χ3v) is 11.7. The summed E-state index contributed by atoms with van der Waals surface area (Å²) in [4.78, 5) is 28.6. The third kappa shape index (κ3) is 4.01. The number of amides is 1. The van der Waals surface area contributed by atoms with E-state index in [2.05, 4.69) is 58.1 Å². The molecule has 1 amide bonds. The van der Waals surface area contributed by atoms with Crippen LogP contribution in [0, 0.1) is 45.8 Å². The lowest BCUT2D eigenvalue weighted by Crippen LogP contribution is -2.55. The average molecular weight is 503 g/mol. The number of ketones is 1. The van der Waals surface area contributed by atoms with Gasteiger partial charge in [-0.05, 0) is 75.8 Å². The molecule has 0 aliphatic heterocycles. The van der Waals surface area contributed by atoms with Gasteiger partial charge in [0.1, 0.15) is 5.78 Å². The van der Waals surface area contributed by atoms with Gasteiger partial charge < -0.3 is 20.4 Å². The Morgan fingerprint density at radius 3 is 2.42 bits per heavy atom. The van der Waals surface area contributed by atoms with E-state index in [4.69, 9.17) is 0 Å². The molecule has 0 radical (unpaired) electrons. The van der Waals surface area contributed by atoms with Gasteiger partial charge in [0.05, 0.1) is 12.7 Å². The number of fused-ring (bicyclic) bond motifs is 4. The first kappa shape index (κ1) is 27.8. The van der Waals surface area contributed by atoms with Crippen molar-refractivity contribution < 1.29 is 19.8 Å². The molecule has 6 nitrogen and oxygen atoms in total. The number of carbonyl (C=O) groups is 2. The van der Waals surface area contributed by atoms with Gasteiger partial charge in [0, 0.05) is 41.7 Å². The molecule has 10 atom stereocenters. The van der Waals surface area contributed by atoms with E-state index in [-0.39, 0.29) is 65.0 Å². The number of rotatable bonds is 5. The number of aliphatic hydroxyl groups excluding tert-OH is 2. The van der Waals surface area contributed by atoms with E-state index in [0.717, 1.165) is 25.7 Å². The van der Waals surface area contributed by atoms with E-state index >= 15 is 0 Å². The standard InChI is InChI=1S/C30H50N2O4/c1-17(2)27(36)31-25-12-9-19-13-20-22(11-10-21(19)28(25,4)16-33)29(5)15-24(35)26(18(3)32(7)8)30(29,6)14-23(20)34/h9,17-18,20-22,24-26,33,35H,10-16H2,1-8H3,(H,31,36)/t18-,20?,21?,22?,24+,25-,26-,28-,29-,30+/m0/s1. The summed E-state index contributed by atoms with van der Waals surface area (Å²) >= 11 is 0. The second kappa shape index (κ2) is 9.50. The molecule has 4 aliphatic rings. The van der Waals surface area contributed by atoms with Crippen LogP contribution in [0.5, 0.6) is 0 Å². The zero-order valence-corrected chi connectivity index (χ0v) is 23.8. The van der Waals surface area contributed by atoms with Gasteiger partial charge in [0.2, 0.25) is 5.91 Å². The Bertz CT molecular complexity index is 915. The first-order chi connectivity index (χ1) is 16.7. The lowest BCUT2D eigenvalue weighted by molar-refractivity contribution is -0.147. The van der Waals surface area contributed by atoms with E-state index in [9.17, 15) is 19.8 Å². The summed E-state index contributed by atoms with van der Waals surface area (Å²) in [5, 5.41) is 25.3. The molecule has 4 aliphatic carbocycles. The van der Waals surface area contributed by atoms with Gasteiger partial charge in [-0.1, -0.05) is 46.3 Å². The Hall–Kier alpha value is -1.24. The molecule has 0 saturated heterocycles. The first-order valence-corrected chi connectivity index (χ1v) is 14.2. The summed E-state index contributed by atoms with van der Waals surface area (Å²) in [5.74, 6) is 0.679. The fourth-order valence-corrected chi connectivity index (χ4v) is 9.08. The highest BCUT2D eigenvalue weighted by atomic mass is 16.3. The summed E-state index contributed by atoms with van der Waals surface area (Å²) in [5.41, 5.74) is 0.486. The lowest BCUT2D eigenvalue weighted by atomic mass is 9.48. The monoisotopic (exact) mass is 502 g/mol. The molecule has 0 spiro atoms. The Labute approximate surface area is 218 Å². The van der Waals surface area contributed by atoms with Crippen molar-refractivity contribution in [3.8, 4) is 0 Å². The second-order valence-corrected chi connectivity index (χ2v) is 13.9. The van der Waals surface area contributed by atoms with Gasteiger partial charge in [-0.25, -0.2) is 0 Å². The van der Waals surface area contributed by atoms with Crippen LogP contribution in [0.1, 0.15) is 80.1 Å². The molecule has 36 heavy (non-hydrogen) atoms. The van der Waals surface area contributed by atoms with Crippen molar-refractivity contribution in [2.24, 2.45) is 45.8 Å². The molecule has 3 N–H and O–H groups in total. The number of nitrogens with one attached hydrogen (secondary N) is 1.